The van der Waals surface area contributed by atoms with Crippen molar-refractivity contribution in [1.82, 2.24) is 5.32 Å². The van der Waals surface area contributed by atoms with Gasteiger partial charge in [-0.2, -0.15) is 0 Å². The van der Waals surface area contributed by atoms with Crippen LogP contribution in [0.4, 0.5) is 0 Å². The fourth-order valence-corrected chi connectivity index (χ4v) is 1.30. The largest absolute Gasteiger partial charge is 0.468 e. The molecule has 1 saturated carbocycles. The Morgan fingerprint density at radius 1 is 1.38 bits per heavy atom. The van der Waals surface area contributed by atoms with Crippen LogP contribution in [-0.4, -0.2) is 37.9 Å². The Kier molecular flexibility index (Phi) is 5.22. The van der Waals surface area contributed by atoms with Crippen LogP contribution in [0.25, 0.3) is 0 Å². The average molecular weight is 229 g/mol. The van der Waals surface area contributed by atoms with E-state index in [4.69, 9.17) is 9.47 Å². The Bertz CT molecular complexity index is 226. The molecule has 0 aromatic heterocycles. The fraction of sp³-hybridized carbons (Fsp3) is 0.917. The molecule has 0 bridgehead atoms. The van der Waals surface area contributed by atoms with Crippen LogP contribution in [0.3, 0.4) is 0 Å². The van der Waals surface area contributed by atoms with Gasteiger partial charge in [-0.15, -0.1) is 0 Å². The predicted molar refractivity (Wildman–Crippen MR) is 62.2 cm³/mol. The molecular formula is C12H23NO3. The topological polar surface area (TPSA) is 47.6 Å². The molecule has 0 aromatic rings. The van der Waals surface area contributed by atoms with Crippen LogP contribution in [0.5, 0.6) is 0 Å². The molecule has 0 aliphatic heterocycles. The normalized spacial score (nSPS) is 19.6. The lowest BCUT2D eigenvalue weighted by atomic mass is 10.1. The van der Waals surface area contributed by atoms with Crippen LogP contribution in [0.2, 0.25) is 0 Å². The van der Waals surface area contributed by atoms with Gasteiger partial charge in [-0.05, 0) is 25.7 Å². The number of nitrogens with one attached hydrogen (secondary N) is 1. The summed E-state index contributed by atoms with van der Waals surface area (Å²) < 4.78 is 10.4. The summed E-state index contributed by atoms with van der Waals surface area (Å²) in [6.07, 6.45) is 2.45. The molecule has 16 heavy (non-hydrogen) atoms. The summed E-state index contributed by atoms with van der Waals surface area (Å²) in [4.78, 5) is 11.5. The lowest BCUT2D eigenvalue weighted by Crippen LogP contribution is -2.43. The molecule has 2 atom stereocenters. The molecule has 4 heteroatoms. The minimum atomic E-state index is -0.321. The van der Waals surface area contributed by atoms with Crippen LogP contribution >= 0.6 is 0 Å². The Morgan fingerprint density at radius 3 is 2.44 bits per heavy atom. The van der Waals surface area contributed by atoms with Gasteiger partial charge >= 0.3 is 5.97 Å². The number of methoxy groups -OCH3 is 1. The number of rotatable bonds is 7. The van der Waals surface area contributed by atoms with Gasteiger partial charge in [0.15, 0.2) is 0 Å². The Balaban J connectivity index is 2.33. The molecule has 0 aromatic carbocycles. The lowest BCUT2D eigenvalue weighted by molar-refractivity contribution is -0.145. The number of esters is 1. The second kappa shape index (κ2) is 6.21. The van der Waals surface area contributed by atoms with Crippen molar-refractivity contribution in [3.63, 3.8) is 0 Å². The first-order valence-corrected chi connectivity index (χ1v) is 6.00. The van der Waals surface area contributed by atoms with E-state index in [2.05, 4.69) is 19.2 Å². The van der Waals surface area contributed by atoms with Crippen molar-refractivity contribution in [2.45, 2.75) is 51.8 Å². The minimum absolute atomic E-state index is 0.160. The van der Waals surface area contributed by atoms with Crippen LogP contribution in [0, 0.1) is 5.92 Å². The monoisotopic (exact) mass is 229 g/mol. The van der Waals surface area contributed by atoms with Crippen LogP contribution in [0.15, 0.2) is 0 Å². The molecule has 1 N–H and O–H groups in total. The number of carbonyl (C=O) groups is 1. The molecule has 1 aliphatic carbocycles. The van der Waals surface area contributed by atoms with Crippen molar-refractivity contribution in [2.75, 3.05) is 13.7 Å². The molecule has 0 radical (unpaired) electrons. The second-order valence-corrected chi connectivity index (χ2v) is 4.80. The van der Waals surface area contributed by atoms with Gasteiger partial charge in [-0.1, -0.05) is 13.8 Å². The zero-order valence-corrected chi connectivity index (χ0v) is 10.7. The molecular weight excluding hydrogens is 206 g/mol. The van der Waals surface area contributed by atoms with E-state index >= 15 is 0 Å². The molecule has 1 fully saturated rings. The van der Waals surface area contributed by atoms with Crippen LogP contribution < -0.4 is 5.32 Å². The summed E-state index contributed by atoms with van der Waals surface area (Å²) in [5, 5.41) is 3.24. The van der Waals surface area contributed by atoms with Gasteiger partial charge in [-0.3, -0.25) is 10.1 Å². The van der Waals surface area contributed by atoms with E-state index in [-0.39, 0.29) is 18.1 Å². The first-order chi connectivity index (χ1) is 7.54. The van der Waals surface area contributed by atoms with E-state index in [9.17, 15) is 4.79 Å². The third-order valence-corrected chi connectivity index (χ3v) is 2.96. The van der Waals surface area contributed by atoms with Gasteiger partial charge in [-0.25, -0.2) is 0 Å². The summed E-state index contributed by atoms with van der Waals surface area (Å²) in [5.74, 6) is 0.224. The zero-order valence-electron chi connectivity index (χ0n) is 10.7. The van der Waals surface area contributed by atoms with Crippen molar-refractivity contribution in [2.24, 2.45) is 5.92 Å². The Labute approximate surface area is 97.7 Å². The third kappa shape index (κ3) is 4.49. The summed E-state index contributed by atoms with van der Waals surface area (Å²) in [6, 6.07) is 0.153. The molecule has 1 rings (SSSR count). The molecule has 4 nitrogen and oxygen atoms in total. The van der Waals surface area contributed by atoms with Gasteiger partial charge in [0, 0.05) is 6.04 Å². The maximum absolute atomic E-state index is 11.5. The van der Waals surface area contributed by atoms with E-state index in [1.165, 1.54) is 7.11 Å². The van der Waals surface area contributed by atoms with Crippen molar-refractivity contribution in [3.05, 3.63) is 0 Å². The van der Waals surface area contributed by atoms with Crippen molar-refractivity contribution >= 4 is 5.97 Å². The van der Waals surface area contributed by atoms with Gasteiger partial charge < -0.3 is 9.47 Å². The molecule has 0 saturated heterocycles. The van der Waals surface area contributed by atoms with E-state index in [0.29, 0.717) is 18.6 Å². The highest BCUT2D eigenvalue weighted by Crippen LogP contribution is 2.20. The zero-order chi connectivity index (χ0) is 12.1. The molecule has 0 heterocycles. The highest BCUT2D eigenvalue weighted by atomic mass is 16.5. The van der Waals surface area contributed by atoms with Gasteiger partial charge in [0.1, 0.15) is 6.04 Å². The van der Waals surface area contributed by atoms with E-state index in [0.717, 1.165) is 12.8 Å². The van der Waals surface area contributed by atoms with Gasteiger partial charge in [0.25, 0.3) is 0 Å². The quantitative estimate of drug-likeness (QED) is 0.669. The van der Waals surface area contributed by atoms with E-state index < -0.39 is 0 Å². The highest BCUT2D eigenvalue weighted by Gasteiger charge is 2.29. The molecule has 0 amide bonds. The van der Waals surface area contributed by atoms with Crippen LogP contribution in [-0.2, 0) is 14.3 Å². The summed E-state index contributed by atoms with van der Waals surface area (Å²) >= 11 is 0. The number of hydrogen-bond donors (Lipinski definition) is 1. The maximum Gasteiger partial charge on any atom is 0.325 e. The average Bonchev–Trinajstić information content (AvgIpc) is 3.06. The molecule has 2 unspecified atom stereocenters. The number of carbonyl (C=O) groups excluding carboxylic acids is 1. The van der Waals surface area contributed by atoms with Crippen molar-refractivity contribution in [3.8, 4) is 0 Å². The summed E-state index contributed by atoms with van der Waals surface area (Å²) in [5.41, 5.74) is 0. The fourth-order valence-electron chi connectivity index (χ4n) is 1.30. The van der Waals surface area contributed by atoms with Gasteiger partial charge in [0.05, 0.1) is 19.8 Å². The number of ether oxygens (including phenoxy) is 2. The minimum Gasteiger partial charge on any atom is -0.468 e. The first-order valence-electron chi connectivity index (χ1n) is 6.00. The SMILES string of the molecule is COC(=O)C(COC(C)C(C)C)NC1CC1. The van der Waals surface area contributed by atoms with Crippen molar-refractivity contribution in [1.29, 1.82) is 0 Å². The highest BCUT2D eigenvalue weighted by molar-refractivity contribution is 5.75. The first kappa shape index (κ1) is 13.5. The maximum atomic E-state index is 11.5. The van der Waals surface area contributed by atoms with Crippen molar-refractivity contribution < 1.29 is 14.3 Å². The smallest absolute Gasteiger partial charge is 0.325 e. The predicted octanol–water partition coefficient (Wildman–Crippen LogP) is 1.34. The second-order valence-electron chi connectivity index (χ2n) is 4.80. The lowest BCUT2D eigenvalue weighted by Gasteiger charge is -2.21. The van der Waals surface area contributed by atoms with Gasteiger partial charge in [0.2, 0.25) is 0 Å². The van der Waals surface area contributed by atoms with E-state index in [1.807, 2.05) is 6.92 Å². The summed E-state index contributed by atoms with van der Waals surface area (Å²) in [7, 11) is 1.41. The standard InChI is InChI=1S/C12H23NO3/c1-8(2)9(3)16-7-11(12(14)15-4)13-10-5-6-10/h8-11,13H,5-7H2,1-4H3. The number of hydrogen-bond acceptors (Lipinski definition) is 4. The molecule has 1 aliphatic rings. The van der Waals surface area contributed by atoms with Crippen LogP contribution in [0.1, 0.15) is 33.6 Å². The Morgan fingerprint density at radius 2 is 2.00 bits per heavy atom. The molecule has 0 spiro atoms. The van der Waals surface area contributed by atoms with E-state index in [1.54, 1.807) is 0 Å². The third-order valence-electron chi connectivity index (χ3n) is 2.96. The Hall–Kier alpha value is -0.610. The summed E-state index contributed by atoms with van der Waals surface area (Å²) in [6.45, 7) is 6.62. The molecule has 94 valence electrons.